The molecule has 1 heterocycles. The van der Waals surface area contributed by atoms with Gasteiger partial charge in [0.25, 0.3) is 0 Å². The summed E-state index contributed by atoms with van der Waals surface area (Å²) in [6, 6.07) is 2.37. The van der Waals surface area contributed by atoms with Gasteiger partial charge in [0.2, 0.25) is 0 Å². The van der Waals surface area contributed by atoms with Crippen molar-refractivity contribution in [2.24, 2.45) is 5.84 Å². The summed E-state index contributed by atoms with van der Waals surface area (Å²) in [5.41, 5.74) is 3.92. The van der Waals surface area contributed by atoms with Crippen molar-refractivity contribution >= 4 is 0 Å². The molecule has 0 spiro atoms. The Hall–Kier alpha value is -0.910. The molecule has 3 N–H and O–H groups in total. The van der Waals surface area contributed by atoms with Crippen LogP contribution in [0, 0.1) is 0 Å². The Morgan fingerprint density at radius 2 is 2.16 bits per heavy atom. The topological polar surface area (TPSA) is 65.1 Å². The van der Waals surface area contributed by atoms with E-state index in [0.29, 0.717) is 12.6 Å². The molecule has 0 bridgehead atoms. The quantitative estimate of drug-likeness (QED) is 0.612. The molecule has 5 nitrogen and oxygen atoms in total. The Morgan fingerprint density at radius 1 is 1.47 bits per heavy atom. The van der Waals surface area contributed by atoms with E-state index in [1.165, 1.54) is 12.8 Å². The number of aromatic nitrogens is 2. The lowest BCUT2D eigenvalue weighted by Crippen LogP contribution is -2.48. The molecule has 108 valence electrons. The highest BCUT2D eigenvalue weighted by Gasteiger charge is 2.44. The van der Waals surface area contributed by atoms with Crippen LogP contribution in [0.1, 0.15) is 64.2 Å². The van der Waals surface area contributed by atoms with Gasteiger partial charge in [0.15, 0.2) is 0 Å². The van der Waals surface area contributed by atoms with Crippen LogP contribution >= 0.6 is 0 Å². The first-order valence-electron chi connectivity index (χ1n) is 7.28. The molecule has 1 fully saturated rings. The fourth-order valence-electron chi connectivity index (χ4n) is 3.27. The highest BCUT2D eigenvalue weighted by molar-refractivity contribution is 5.15. The molecular weight excluding hydrogens is 240 g/mol. The number of hydrogen-bond donors (Lipinski definition) is 2. The van der Waals surface area contributed by atoms with Gasteiger partial charge in [-0.1, -0.05) is 12.8 Å². The highest BCUT2D eigenvalue weighted by atomic mass is 16.5. The molecule has 1 aromatic heterocycles. The third kappa shape index (κ3) is 2.68. The number of rotatable bonds is 6. The Kier molecular flexibility index (Phi) is 4.60. The molecule has 1 aromatic rings. The van der Waals surface area contributed by atoms with Crippen LogP contribution in [-0.2, 0) is 4.74 Å². The third-order valence-corrected chi connectivity index (χ3v) is 4.06. The van der Waals surface area contributed by atoms with Gasteiger partial charge in [-0.3, -0.25) is 10.5 Å². The maximum absolute atomic E-state index is 6.12. The molecule has 1 aliphatic carbocycles. The SMILES string of the molecule is CCOC1(C(NN)c2ccnn2C(C)C)CCCC1. The van der Waals surface area contributed by atoms with Crippen molar-refractivity contribution in [1.29, 1.82) is 0 Å². The molecule has 0 aromatic carbocycles. The zero-order valence-corrected chi connectivity index (χ0v) is 12.2. The van der Waals surface area contributed by atoms with Gasteiger partial charge in [-0.05, 0) is 39.7 Å². The first kappa shape index (κ1) is 14.5. The Bertz CT molecular complexity index is 396. The molecule has 1 atom stereocenters. The Balaban J connectivity index is 2.34. The van der Waals surface area contributed by atoms with Crippen LogP contribution in [0.25, 0.3) is 0 Å². The van der Waals surface area contributed by atoms with Gasteiger partial charge in [-0.15, -0.1) is 0 Å². The zero-order valence-electron chi connectivity index (χ0n) is 12.2. The minimum Gasteiger partial charge on any atom is -0.373 e. The van der Waals surface area contributed by atoms with Crippen molar-refractivity contribution in [2.45, 2.75) is 64.1 Å². The molecule has 19 heavy (non-hydrogen) atoms. The van der Waals surface area contributed by atoms with Crippen molar-refractivity contribution in [3.05, 3.63) is 18.0 Å². The van der Waals surface area contributed by atoms with Crippen molar-refractivity contribution in [3.8, 4) is 0 Å². The molecular formula is C14H26N4O. The summed E-state index contributed by atoms with van der Waals surface area (Å²) >= 11 is 0. The maximum Gasteiger partial charge on any atom is 0.0918 e. The van der Waals surface area contributed by atoms with E-state index in [0.717, 1.165) is 18.5 Å². The lowest BCUT2D eigenvalue weighted by atomic mass is 9.89. The van der Waals surface area contributed by atoms with E-state index in [2.05, 4.69) is 24.4 Å². The van der Waals surface area contributed by atoms with Gasteiger partial charge in [-0.25, -0.2) is 5.43 Å². The lowest BCUT2D eigenvalue weighted by Gasteiger charge is -2.37. The van der Waals surface area contributed by atoms with Gasteiger partial charge >= 0.3 is 0 Å². The highest BCUT2D eigenvalue weighted by Crippen LogP contribution is 2.42. The van der Waals surface area contributed by atoms with Gasteiger partial charge in [-0.2, -0.15) is 5.10 Å². The number of nitrogens with one attached hydrogen (secondary N) is 1. The van der Waals surface area contributed by atoms with Crippen LogP contribution in [0.5, 0.6) is 0 Å². The molecule has 1 aliphatic rings. The van der Waals surface area contributed by atoms with E-state index in [1.54, 1.807) is 0 Å². The van der Waals surface area contributed by atoms with Crippen LogP contribution in [0.2, 0.25) is 0 Å². The molecule has 2 rings (SSSR count). The second kappa shape index (κ2) is 6.03. The molecule has 5 heteroatoms. The fourth-order valence-corrected chi connectivity index (χ4v) is 3.27. The van der Waals surface area contributed by atoms with E-state index in [-0.39, 0.29) is 11.6 Å². The van der Waals surface area contributed by atoms with E-state index in [4.69, 9.17) is 10.6 Å². The molecule has 0 saturated heterocycles. The van der Waals surface area contributed by atoms with Gasteiger partial charge < -0.3 is 4.74 Å². The second-order valence-electron chi connectivity index (χ2n) is 5.60. The summed E-state index contributed by atoms with van der Waals surface area (Å²) in [5.74, 6) is 5.86. The molecule has 0 amide bonds. The van der Waals surface area contributed by atoms with Crippen molar-refractivity contribution in [1.82, 2.24) is 15.2 Å². The fraction of sp³-hybridized carbons (Fsp3) is 0.786. The van der Waals surface area contributed by atoms with E-state index >= 15 is 0 Å². The Labute approximate surface area is 115 Å². The van der Waals surface area contributed by atoms with Crippen molar-refractivity contribution in [2.75, 3.05) is 6.61 Å². The summed E-state index contributed by atoms with van der Waals surface area (Å²) in [7, 11) is 0. The van der Waals surface area contributed by atoms with E-state index < -0.39 is 0 Å². The number of ether oxygens (including phenoxy) is 1. The van der Waals surface area contributed by atoms with E-state index in [9.17, 15) is 0 Å². The Morgan fingerprint density at radius 3 is 2.68 bits per heavy atom. The average molecular weight is 266 g/mol. The zero-order chi connectivity index (χ0) is 13.9. The first-order valence-corrected chi connectivity index (χ1v) is 7.28. The third-order valence-electron chi connectivity index (χ3n) is 4.06. The number of hydrazine groups is 1. The van der Waals surface area contributed by atoms with Gasteiger partial charge in [0.1, 0.15) is 0 Å². The summed E-state index contributed by atoms with van der Waals surface area (Å²) in [4.78, 5) is 0. The predicted molar refractivity (Wildman–Crippen MR) is 75.5 cm³/mol. The minimum absolute atomic E-state index is 0.000139. The van der Waals surface area contributed by atoms with Crippen LogP contribution in [0.3, 0.4) is 0 Å². The van der Waals surface area contributed by atoms with Crippen molar-refractivity contribution < 1.29 is 4.74 Å². The number of nitrogens with two attached hydrogens (primary N) is 1. The largest absolute Gasteiger partial charge is 0.373 e. The second-order valence-corrected chi connectivity index (χ2v) is 5.60. The molecule has 0 radical (unpaired) electrons. The van der Waals surface area contributed by atoms with Crippen LogP contribution < -0.4 is 11.3 Å². The van der Waals surface area contributed by atoms with E-state index in [1.807, 2.05) is 23.9 Å². The van der Waals surface area contributed by atoms with Gasteiger partial charge in [0.05, 0.1) is 17.3 Å². The molecule has 1 saturated carbocycles. The van der Waals surface area contributed by atoms with Crippen molar-refractivity contribution in [3.63, 3.8) is 0 Å². The predicted octanol–water partition coefficient (Wildman–Crippen LogP) is 2.32. The summed E-state index contributed by atoms with van der Waals surface area (Å²) in [5, 5.41) is 4.41. The van der Waals surface area contributed by atoms with Crippen LogP contribution in [0.4, 0.5) is 0 Å². The number of nitrogens with zero attached hydrogens (tertiary/aromatic N) is 2. The van der Waals surface area contributed by atoms with Crippen LogP contribution in [-0.4, -0.2) is 22.0 Å². The van der Waals surface area contributed by atoms with Gasteiger partial charge in [0, 0.05) is 18.8 Å². The first-order chi connectivity index (χ1) is 9.14. The maximum atomic E-state index is 6.12. The summed E-state index contributed by atoms with van der Waals surface area (Å²) < 4.78 is 8.15. The molecule has 1 unspecified atom stereocenters. The molecule has 0 aliphatic heterocycles. The minimum atomic E-state index is -0.184. The number of hydrogen-bond acceptors (Lipinski definition) is 4. The lowest BCUT2D eigenvalue weighted by molar-refractivity contribution is -0.0647. The monoisotopic (exact) mass is 266 g/mol. The average Bonchev–Trinajstić information content (AvgIpc) is 3.00. The smallest absolute Gasteiger partial charge is 0.0918 e. The standard InChI is InChI=1S/C14H26N4O/c1-4-19-14(8-5-6-9-14)13(17-15)12-7-10-16-18(12)11(2)3/h7,10-11,13,17H,4-6,8-9,15H2,1-3H3. The summed E-state index contributed by atoms with van der Waals surface area (Å²) in [6.45, 7) is 7.03. The normalized spacial score (nSPS) is 20.1. The van der Waals surface area contributed by atoms with Crippen LogP contribution in [0.15, 0.2) is 12.3 Å². The summed E-state index contributed by atoms with van der Waals surface area (Å²) in [6.07, 6.45) is 6.36.